The molecule has 0 aliphatic rings. The van der Waals surface area contributed by atoms with Gasteiger partial charge in [0, 0.05) is 9.77 Å². The lowest BCUT2D eigenvalue weighted by atomic mass is 10.3. The number of hydrogen-bond acceptors (Lipinski definition) is 2. The van der Waals surface area contributed by atoms with Crippen LogP contribution in [0.25, 0.3) is 0 Å². The van der Waals surface area contributed by atoms with Gasteiger partial charge in [0.1, 0.15) is 11.7 Å². The Bertz CT molecular complexity index is 361. The van der Waals surface area contributed by atoms with Crippen molar-refractivity contribution in [3.05, 3.63) is 21.5 Å². The molecule has 1 amide bonds. The van der Waals surface area contributed by atoms with Crippen LogP contribution in [-0.4, -0.2) is 28.0 Å². The van der Waals surface area contributed by atoms with Gasteiger partial charge < -0.3 is 15.4 Å². The predicted molar refractivity (Wildman–Crippen MR) is 58.1 cm³/mol. The maximum Gasteiger partial charge on any atom is 0.325 e. The van der Waals surface area contributed by atoms with Crippen molar-refractivity contribution in [1.82, 2.24) is 10.3 Å². The van der Waals surface area contributed by atoms with E-state index < -0.39 is 17.9 Å². The average Bonchev–Trinajstić information content (AvgIpc) is 2.51. The van der Waals surface area contributed by atoms with Gasteiger partial charge in [0.25, 0.3) is 5.91 Å². The van der Waals surface area contributed by atoms with E-state index >= 15 is 0 Å². The molecule has 76 valence electrons. The van der Waals surface area contributed by atoms with Crippen LogP contribution >= 0.6 is 22.6 Å². The molecule has 0 fully saturated rings. The first kappa shape index (κ1) is 11.0. The van der Waals surface area contributed by atoms with E-state index in [0.29, 0.717) is 5.69 Å². The summed E-state index contributed by atoms with van der Waals surface area (Å²) in [5.41, 5.74) is 0.363. The van der Waals surface area contributed by atoms with Gasteiger partial charge in [-0.3, -0.25) is 9.59 Å². The normalized spacial score (nSPS) is 12.1. The minimum absolute atomic E-state index is 0.363. The zero-order chi connectivity index (χ0) is 10.7. The van der Waals surface area contributed by atoms with Crippen LogP contribution in [0.4, 0.5) is 0 Å². The fourth-order valence-electron chi connectivity index (χ4n) is 0.835. The number of carboxylic acids is 1. The number of carbonyl (C=O) groups is 2. The van der Waals surface area contributed by atoms with Crippen molar-refractivity contribution in [2.24, 2.45) is 0 Å². The molecule has 14 heavy (non-hydrogen) atoms. The van der Waals surface area contributed by atoms with Crippen LogP contribution in [-0.2, 0) is 4.79 Å². The van der Waals surface area contributed by atoms with Crippen LogP contribution in [0.1, 0.15) is 17.4 Å². The summed E-state index contributed by atoms with van der Waals surface area (Å²) in [7, 11) is 0. The lowest BCUT2D eigenvalue weighted by Crippen LogP contribution is -2.38. The Morgan fingerprint density at radius 1 is 1.64 bits per heavy atom. The molecular weight excluding hydrogens is 299 g/mol. The first-order valence-electron chi connectivity index (χ1n) is 3.88. The van der Waals surface area contributed by atoms with Gasteiger partial charge in [-0.05, 0) is 35.6 Å². The molecule has 0 saturated carbocycles. The molecule has 0 aliphatic heterocycles. The third kappa shape index (κ3) is 2.72. The summed E-state index contributed by atoms with van der Waals surface area (Å²) in [6.45, 7) is 1.41. The Hall–Kier alpha value is -1.05. The van der Waals surface area contributed by atoms with Crippen LogP contribution < -0.4 is 5.32 Å². The number of hydrogen-bond donors (Lipinski definition) is 3. The summed E-state index contributed by atoms with van der Waals surface area (Å²) in [6, 6.07) is 0.758. The van der Waals surface area contributed by atoms with Crippen LogP contribution in [0, 0.1) is 3.57 Å². The number of H-pyrrole nitrogens is 1. The highest BCUT2D eigenvalue weighted by atomic mass is 127. The molecule has 0 unspecified atom stereocenters. The quantitative estimate of drug-likeness (QED) is 0.723. The average molecular weight is 308 g/mol. The van der Waals surface area contributed by atoms with Crippen LogP contribution in [0.2, 0.25) is 0 Å². The number of nitrogens with one attached hydrogen (secondary N) is 2. The summed E-state index contributed by atoms with van der Waals surface area (Å²) < 4.78 is 0.899. The van der Waals surface area contributed by atoms with Crippen molar-refractivity contribution < 1.29 is 14.7 Å². The molecule has 3 N–H and O–H groups in total. The van der Waals surface area contributed by atoms with Crippen molar-refractivity contribution in [3.8, 4) is 0 Å². The molecule has 0 bridgehead atoms. The largest absolute Gasteiger partial charge is 0.480 e. The van der Waals surface area contributed by atoms with E-state index in [-0.39, 0.29) is 0 Å². The topological polar surface area (TPSA) is 82.2 Å². The Morgan fingerprint density at radius 3 is 2.71 bits per heavy atom. The van der Waals surface area contributed by atoms with Gasteiger partial charge in [0.2, 0.25) is 0 Å². The van der Waals surface area contributed by atoms with E-state index in [9.17, 15) is 9.59 Å². The smallest absolute Gasteiger partial charge is 0.325 e. The number of aliphatic carboxylic acids is 1. The van der Waals surface area contributed by atoms with Gasteiger partial charge in [0.05, 0.1) is 0 Å². The van der Waals surface area contributed by atoms with Gasteiger partial charge in [-0.2, -0.15) is 0 Å². The Kier molecular flexibility index (Phi) is 3.50. The molecule has 0 saturated heterocycles. The Labute approximate surface area is 94.0 Å². The summed E-state index contributed by atoms with van der Waals surface area (Å²) in [4.78, 5) is 24.5. The lowest BCUT2D eigenvalue weighted by molar-refractivity contribution is -0.138. The molecule has 1 atom stereocenters. The van der Waals surface area contributed by atoms with E-state index in [1.807, 2.05) is 0 Å². The lowest BCUT2D eigenvalue weighted by Gasteiger charge is -2.07. The standard InChI is InChI=1S/C8H9IN2O3/c1-4(8(13)14)11-7(12)6-2-5(9)3-10-6/h2-4,10H,1H3,(H,11,12)(H,13,14)/t4-/m0/s1. The zero-order valence-electron chi connectivity index (χ0n) is 7.37. The SMILES string of the molecule is C[C@H](NC(=O)c1cc(I)c[nH]1)C(=O)O. The van der Waals surface area contributed by atoms with Crippen molar-refractivity contribution in [1.29, 1.82) is 0 Å². The van der Waals surface area contributed by atoms with Crippen LogP contribution in [0.15, 0.2) is 12.3 Å². The number of amides is 1. The van der Waals surface area contributed by atoms with E-state index in [2.05, 4.69) is 32.9 Å². The summed E-state index contributed by atoms with van der Waals surface area (Å²) in [6.07, 6.45) is 1.67. The van der Waals surface area contributed by atoms with E-state index in [0.717, 1.165) is 3.57 Å². The van der Waals surface area contributed by atoms with E-state index in [1.54, 1.807) is 12.3 Å². The van der Waals surface area contributed by atoms with Crippen molar-refractivity contribution in [2.45, 2.75) is 13.0 Å². The molecule has 6 heteroatoms. The van der Waals surface area contributed by atoms with Gasteiger partial charge in [0.15, 0.2) is 0 Å². The number of carbonyl (C=O) groups excluding carboxylic acids is 1. The molecule has 1 heterocycles. The molecule has 1 aromatic heterocycles. The third-order valence-corrected chi connectivity index (χ3v) is 2.23. The van der Waals surface area contributed by atoms with Gasteiger partial charge in [-0.1, -0.05) is 0 Å². The Balaban J connectivity index is 2.63. The first-order valence-corrected chi connectivity index (χ1v) is 4.96. The van der Waals surface area contributed by atoms with E-state index in [1.165, 1.54) is 6.92 Å². The minimum Gasteiger partial charge on any atom is -0.480 e. The summed E-state index contributed by atoms with van der Waals surface area (Å²) in [5, 5.41) is 10.9. The highest BCUT2D eigenvalue weighted by molar-refractivity contribution is 14.1. The third-order valence-electron chi connectivity index (χ3n) is 1.61. The molecule has 0 aromatic carbocycles. The van der Waals surface area contributed by atoms with Crippen LogP contribution in [0.5, 0.6) is 0 Å². The van der Waals surface area contributed by atoms with Crippen molar-refractivity contribution >= 4 is 34.5 Å². The predicted octanol–water partition coefficient (Wildman–Crippen LogP) is 0.822. The first-order chi connectivity index (χ1) is 6.50. The molecule has 0 aliphatic carbocycles. The monoisotopic (exact) mass is 308 g/mol. The Morgan fingerprint density at radius 2 is 2.29 bits per heavy atom. The number of carboxylic acid groups (broad SMARTS) is 1. The maximum atomic E-state index is 11.4. The molecular formula is C8H9IN2O3. The highest BCUT2D eigenvalue weighted by Crippen LogP contribution is 2.06. The van der Waals surface area contributed by atoms with Gasteiger partial charge in [-0.15, -0.1) is 0 Å². The van der Waals surface area contributed by atoms with Gasteiger partial charge >= 0.3 is 5.97 Å². The second-order valence-corrected chi connectivity index (χ2v) is 4.01. The fourth-order valence-corrected chi connectivity index (χ4v) is 1.30. The van der Waals surface area contributed by atoms with Crippen molar-refractivity contribution in [3.63, 3.8) is 0 Å². The molecule has 0 radical (unpaired) electrons. The zero-order valence-corrected chi connectivity index (χ0v) is 9.53. The number of aromatic nitrogens is 1. The minimum atomic E-state index is -1.06. The molecule has 5 nitrogen and oxygen atoms in total. The number of aromatic amines is 1. The number of rotatable bonds is 3. The molecule has 0 spiro atoms. The fraction of sp³-hybridized carbons (Fsp3) is 0.250. The highest BCUT2D eigenvalue weighted by Gasteiger charge is 2.15. The van der Waals surface area contributed by atoms with Crippen LogP contribution in [0.3, 0.4) is 0 Å². The summed E-state index contributed by atoms with van der Waals surface area (Å²) >= 11 is 2.05. The number of halogens is 1. The van der Waals surface area contributed by atoms with E-state index in [4.69, 9.17) is 5.11 Å². The molecule has 1 rings (SSSR count). The second kappa shape index (κ2) is 4.45. The van der Waals surface area contributed by atoms with Crippen molar-refractivity contribution in [2.75, 3.05) is 0 Å². The molecule has 1 aromatic rings. The maximum absolute atomic E-state index is 11.4. The second-order valence-electron chi connectivity index (χ2n) is 2.76. The summed E-state index contributed by atoms with van der Waals surface area (Å²) in [5.74, 6) is -1.47. The van der Waals surface area contributed by atoms with Gasteiger partial charge in [-0.25, -0.2) is 0 Å².